The molecule has 0 amide bonds. The lowest BCUT2D eigenvalue weighted by molar-refractivity contribution is -0.138. The van der Waals surface area contributed by atoms with Crippen LogP contribution in [0.2, 0.25) is 0 Å². The first-order valence-electron chi connectivity index (χ1n) is 4.43. The molecule has 3 nitrogen and oxygen atoms in total. The van der Waals surface area contributed by atoms with Crippen LogP contribution in [-0.2, 0) is 4.79 Å². The Hall–Kier alpha value is -0.220. The van der Waals surface area contributed by atoms with Crippen LogP contribution in [0.1, 0.15) is 34.1 Å². The summed E-state index contributed by atoms with van der Waals surface area (Å²) < 4.78 is 0. The quantitative estimate of drug-likeness (QED) is 0.618. The van der Waals surface area contributed by atoms with E-state index in [0.29, 0.717) is 6.42 Å². The number of carboxylic acid groups (broad SMARTS) is 1. The van der Waals surface area contributed by atoms with Crippen molar-refractivity contribution in [2.24, 2.45) is 11.7 Å². The van der Waals surface area contributed by atoms with Crippen molar-refractivity contribution in [2.45, 2.75) is 45.4 Å². The highest BCUT2D eigenvalue weighted by Gasteiger charge is 2.12. The summed E-state index contributed by atoms with van der Waals surface area (Å²) in [6.07, 6.45) is 0.415. The van der Waals surface area contributed by atoms with Crippen molar-refractivity contribution in [3.63, 3.8) is 0 Å². The summed E-state index contributed by atoms with van der Waals surface area (Å²) in [5.41, 5.74) is 5.17. The molecule has 3 N–H and O–H groups in total. The van der Waals surface area contributed by atoms with Gasteiger partial charge in [0.1, 0.15) is 6.04 Å². The van der Waals surface area contributed by atoms with Crippen LogP contribution >= 0.6 is 12.6 Å². The van der Waals surface area contributed by atoms with Crippen LogP contribution in [0.3, 0.4) is 0 Å². The molecule has 2 atom stereocenters. The summed E-state index contributed by atoms with van der Waals surface area (Å²) in [6, 6.07) is -0.766. The molecule has 0 rings (SSSR count). The largest absolute Gasteiger partial charge is 0.480 e. The zero-order valence-electron chi connectivity index (χ0n) is 8.82. The summed E-state index contributed by atoms with van der Waals surface area (Å²) in [7, 11) is 0. The molecule has 13 heavy (non-hydrogen) atoms. The minimum Gasteiger partial charge on any atom is -0.480 e. The molecule has 0 aromatic heterocycles. The number of nitrogens with two attached hydrogens (primary N) is 1. The second-order valence-corrected chi connectivity index (χ2v) is 4.64. The van der Waals surface area contributed by atoms with Gasteiger partial charge in [-0.1, -0.05) is 27.7 Å². The minimum atomic E-state index is -0.962. The third-order valence-electron chi connectivity index (χ3n) is 0.912. The lowest BCUT2D eigenvalue weighted by Crippen LogP contribution is -2.31. The van der Waals surface area contributed by atoms with Gasteiger partial charge in [0.05, 0.1) is 0 Å². The molecule has 0 heterocycles. The van der Waals surface area contributed by atoms with Gasteiger partial charge in [0, 0.05) is 5.25 Å². The summed E-state index contributed by atoms with van der Waals surface area (Å²) in [4.78, 5) is 10.1. The van der Waals surface area contributed by atoms with Crippen LogP contribution < -0.4 is 5.73 Å². The Kier molecular flexibility index (Phi) is 9.84. The third kappa shape index (κ3) is 18.6. The van der Waals surface area contributed by atoms with E-state index in [4.69, 9.17) is 10.8 Å². The SMILES string of the molecule is CC(C)C.CC(S)CC(N)C(=O)O. The summed E-state index contributed by atoms with van der Waals surface area (Å²) in [5.74, 6) is -0.129. The summed E-state index contributed by atoms with van der Waals surface area (Å²) in [6.45, 7) is 8.31. The maximum absolute atomic E-state index is 10.1. The Bertz CT molecular complexity index is 135. The Morgan fingerprint density at radius 3 is 1.77 bits per heavy atom. The molecule has 0 aromatic rings. The summed E-state index contributed by atoms with van der Waals surface area (Å²) in [5, 5.41) is 8.32. The van der Waals surface area contributed by atoms with Crippen molar-refractivity contribution in [3.05, 3.63) is 0 Å². The van der Waals surface area contributed by atoms with Gasteiger partial charge in [-0.05, 0) is 12.3 Å². The van der Waals surface area contributed by atoms with Crippen LogP contribution in [0.5, 0.6) is 0 Å². The zero-order valence-corrected chi connectivity index (χ0v) is 9.71. The monoisotopic (exact) mass is 207 g/mol. The molecule has 80 valence electrons. The molecule has 0 fully saturated rings. The van der Waals surface area contributed by atoms with E-state index < -0.39 is 12.0 Å². The predicted octanol–water partition coefficient (Wildman–Crippen LogP) is 1.77. The summed E-state index contributed by atoms with van der Waals surface area (Å²) >= 11 is 3.99. The standard InChI is InChI=1S/C5H11NO2S.C4H10/c1-3(9)2-4(6)5(7)8;1-4(2)3/h3-4,9H,2,6H2,1H3,(H,7,8);4H,1-3H3. The van der Waals surface area contributed by atoms with E-state index in [2.05, 4.69) is 33.4 Å². The number of hydrogen-bond donors (Lipinski definition) is 3. The lowest BCUT2D eigenvalue weighted by Gasteiger charge is -2.06. The van der Waals surface area contributed by atoms with E-state index >= 15 is 0 Å². The van der Waals surface area contributed by atoms with Gasteiger partial charge in [-0.2, -0.15) is 12.6 Å². The smallest absolute Gasteiger partial charge is 0.320 e. The van der Waals surface area contributed by atoms with E-state index in [9.17, 15) is 4.79 Å². The van der Waals surface area contributed by atoms with Crippen LogP contribution in [0.4, 0.5) is 0 Å². The molecule has 2 unspecified atom stereocenters. The van der Waals surface area contributed by atoms with Gasteiger partial charge in [-0.3, -0.25) is 4.79 Å². The molecule has 0 aromatic carbocycles. The van der Waals surface area contributed by atoms with Gasteiger partial charge < -0.3 is 10.8 Å². The fourth-order valence-electron chi connectivity index (χ4n) is 0.468. The molecule has 0 aliphatic heterocycles. The second kappa shape index (κ2) is 8.38. The fourth-order valence-corrected chi connectivity index (χ4v) is 0.695. The fraction of sp³-hybridized carbons (Fsp3) is 0.889. The number of aliphatic carboxylic acids is 1. The van der Waals surface area contributed by atoms with Crippen molar-refractivity contribution >= 4 is 18.6 Å². The van der Waals surface area contributed by atoms with Gasteiger partial charge in [0.2, 0.25) is 0 Å². The molecule has 0 saturated carbocycles. The molecule has 0 saturated heterocycles. The van der Waals surface area contributed by atoms with Crippen LogP contribution in [0, 0.1) is 5.92 Å². The first-order valence-corrected chi connectivity index (χ1v) is 4.95. The van der Waals surface area contributed by atoms with Crippen molar-refractivity contribution < 1.29 is 9.90 Å². The maximum Gasteiger partial charge on any atom is 0.320 e. The average Bonchev–Trinajstić information content (AvgIpc) is 1.83. The topological polar surface area (TPSA) is 63.3 Å². The van der Waals surface area contributed by atoms with E-state index in [1.54, 1.807) is 0 Å². The molecule has 4 heteroatoms. The highest BCUT2D eigenvalue weighted by atomic mass is 32.1. The number of hydrogen-bond acceptors (Lipinski definition) is 3. The number of thiol groups is 1. The first-order chi connectivity index (χ1) is 5.77. The third-order valence-corrected chi connectivity index (χ3v) is 1.12. The molecule has 0 aliphatic rings. The van der Waals surface area contributed by atoms with Gasteiger partial charge in [0.15, 0.2) is 0 Å². The van der Waals surface area contributed by atoms with Gasteiger partial charge in [-0.25, -0.2) is 0 Å². The number of carbonyl (C=O) groups is 1. The second-order valence-electron chi connectivity index (χ2n) is 3.76. The molecule has 0 radical (unpaired) electrons. The van der Waals surface area contributed by atoms with Crippen LogP contribution in [0.25, 0.3) is 0 Å². The van der Waals surface area contributed by atoms with E-state index in [1.807, 2.05) is 6.92 Å². The highest BCUT2D eigenvalue weighted by molar-refractivity contribution is 7.80. The Morgan fingerprint density at radius 1 is 1.38 bits per heavy atom. The Labute approximate surface area is 86.1 Å². The molecule has 0 aliphatic carbocycles. The van der Waals surface area contributed by atoms with E-state index in [1.165, 1.54) is 0 Å². The lowest BCUT2D eigenvalue weighted by atomic mass is 10.2. The normalized spacial score (nSPS) is 14.4. The van der Waals surface area contributed by atoms with Crippen LogP contribution in [-0.4, -0.2) is 22.4 Å². The Balaban J connectivity index is 0. The first kappa shape index (κ1) is 15.3. The van der Waals surface area contributed by atoms with E-state index in [0.717, 1.165) is 5.92 Å². The zero-order chi connectivity index (χ0) is 11.0. The van der Waals surface area contributed by atoms with Gasteiger partial charge >= 0.3 is 5.97 Å². The van der Waals surface area contributed by atoms with Crippen molar-refractivity contribution in [1.29, 1.82) is 0 Å². The van der Waals surface area contributed by atoms with Crippen molar-refractivity contribution in [3.8, 4) is 0 Å². The molecular weight excluding hydrogens is 186 g/mol. The minimum absolute atomic E-state index is 0.0519. The van der Waals surface area contributed by atoms with Crippen molar-refractivity contribution in [2.75, 3.05) is 0 Å². The van der Waals surface area contributed by atoms with E-state index in [-0.39, 0.29) is 5.25 Å². The number of carboxylic acids is 1. The van der Waals surface area contributed by atoms with Crippen molar-refractivity contribution in [1.82, 2.24) is 0 Å². The molecule has 0 bridgehead atoms. The molecular formula is C9H21NO2S. The number of rotatable bonds is 3. The van der Waals surface area contributed by atoms with Gasteiger partial charge in [-0.15, -0.1) is 0 Å². The van der Waals surface area contributed by atoms with Gasteiger partial charge in [0.25, 0.3) is 0 Å². The van der Waals surface area contributed by atoms with Crippen LogP contribution in [0.15, 0.2) is 0 Å². The highest BCUT2D eigenvalue weighted by Crippen LogP contribution is 2.01. The maximum atomic E-state index is 10.1. The predicted molar refractivity (Wildman–Crippen MR) is 59.2 cm³/mol. The molecule has 0 spiro atoms. The Morgan fingerprint density at radius 2 is 1.69 bits per heavy atom. The average molecular weight is 207 g/mol.